The molecule has 0 fully saturated rings. The predicted molar refractivity (Wildman–Crippen MR) is 53.4 cm³/mol. The van der Waals surface area contributed by atoms with Crippen LogP contribution >= 0.6 is 0 Å². The van der Waals surface area contributed by atoms with E-state index in [2.05, 4.69) is 0 Å². The van der Waals surface area contributed by atoms with E-state index >= 15 is 0 Å². The molecular weight excluding hydrogens is 218 g/mol. The van der Waals surface area contributed by atoms with E-state index < -0.39 is 17.4 Å². The van der Waals surface area contributed by atoms with Gasteiger partial charge in [-0.25, -0.2) is 8.78 Å². The van der Waals surface area contributed by atoms with E-state index in [4.69, 9.17) is 9.47 Å². The van der Waals surface area contributed by atoms with Gasteiger partial charge in [0, 0.05) is 13.2 Å². The van der Waals surface area contributed by atoms with Crippen LogP contribution in [0.25, 0.3) is 0 Å². The van der Waals surface area contributed by atoms with Crippen molar-refractivity contribution >= 4 is 5.78 Å². The van der Waals surface area contributed by atoms with Crippen LogP contribution in [-0.2, 0) is 9.47 Å². The maximum atomic E-state index is 13.1. The molecule has 1 rings (SSSR count). The zero-order valence-electron chi connectivity index (χ0n) is 8.83. The summed E-state index contributed by atoms with van der Waals surface area (Å²) in [5.74, 6) is -2.11. The van der Waals surface area contributed by atoms with E-state index in [1.165, 1.54) is 7.11 Å². The predicted octanol–water partition coefficient (Wildman–Crippen LogP) is 1.81. The van der Waals surface area contributed by atoms with Gasteiger partial charge in [-0.1, -0.05) is 0 Å². The highest BCUT2D eigenvalue weighted by molar-refractivity contribution is 5.97. The van der Waals surface area contributed by atoms with Gasteiger partial charge in [0.15, 0.2) is 5.78 Å². The molecule has 0 heterocycles. The Hall–Kier alpha value is -1.33. The SMILES string of the molecule is COCCOCC(=O)c1ccc(F)cc1F. The lowest BCUT2D eigenvalue weighted by atomic mass is 10.1. The van der Waals surface area contributed by atoms with Gasteiger partial charge in [0.2, 0.25) is 0 Å². The topological polar surface area (TPSA) is 35.5 Å². The van der Waals surface area contributed by atoms with Crippen molar-refractivity contribution in [2.45, 2.75) is 0 Å². The smallest absolute Gasteiger partial charge is 0.191 e. The van der Waals surface area contributed by atoms with Crippen molar-refractivity contribution in [2.75, 3.05) is 26.9 Å². The molecule has 0 unspecified atom stereocenters. The summed E-state index contributed by atoms with van der Waals surface area (Å²) in [6, 6.07) is 2.81. The summed E-state index contributed by atoms with van der Waals surface area (Å²) < 4.78 is 35.3. The van der Waals surface area contributed by atoms with Crippen molar-refractivity contribution in [2.24, 2.45) is 0 Å². The van der Waals surface area contributed by atoms with E-state index in [1.807, 2.05) is 0 Å². The van der Waals surface area contributed by atoms with Crippen molar-refractivity contribution in [3.63, 3.8) is 0 Å². The van der Waals surface area contributed by atoms with Gasteiger partial charge in [-0.15, -0.1) is 0 Å². The monoisotopic (exact) mass is 230 g/mol. The number of Topliss-reactive ketones (excluding diaryl/α,β-unsaturated/α-hetero) is 1. The maximum absolute atomic E-state index is 13.1. The highest BCUT2D eigenvalue weighted by Crippen LogP contribution is 2.10. The fraction of sp³-hybridized carbons (Fsp3) is 0.364. The van der Waals surface area contributed by atoms with E-state index in [0.29, 0.717) is 12.7 Å². The van der Waals surface area contributed by atoms with Gasteiger partial charge in [-0.05, 0) is 12.1 Å². The van der Waals surface area contributed by atoms with Crippen LogP contribution in [0.4, 0.5) is 8.78 Å². The lowest BCUT2D eigenvalue weighted by Gasteiger charge is -2.04. The third kappa shape index (κ3) is 3.67. The Morgan fingerprint density at radius 2 is 2.06 bits per heavy atom. The first-order valence-corrected chi connectivity index (χ1v) is 4.70. The molecule has 5 heteroatoms. The molecule has 0 spiro atoms. The molecule has 0 saturated heterocycles. The second-order valence-electron chi connectivity index (χ2n) is 3.09. The first-order valence-electron chi connectivity index (χ1n) is 4.70. The van der Waals surface area contributed by atoms with Crippen LogP contribution in [0, 0.1) is 11.6 Å². The Kier molecular flexibility index (Phi) is 5.01. The molecular formula is C11H12F2O3. The number of ketones is 1. The first kappa shape index (κ1) is 12.7. The minimum atomic E-state index is -0.875. The molecule has 0 aliphatic carbocycles. The minimum absolute atomic E-state index is 0.168. The Balaban J connectivity index is 2.53. The fourth-order valence-corrected chi connectivity index (χ4v) is 1.10. The molecule has 88 valence electrons. The number of carbonyl (C=O) groups excluding carboxylic acids is 1. The van der Waals surface area contributed by atoms with E-state index in [1.54, 1.807) is 0 Å². The van der Waals surface area contributed by atoms with Crippen molar-refractivity contribution < 1.29 is 23.0 Å². The van der Waals surface area contributed by atoms with Gasteiger partial charge in [0.25, 0.3) is 0 Å². The molecule has 1 aromatic carbocycles. The Morgan fingerprint density at radius 1 is 1.31 bits per heavy atom. The summed E-state index contributed by atoms with van der Waals surface area (Å²) in [6.45, 7) is 0.371. The molecule has 0 aromatic heterocycles. The number of rotatable bonds is 6. The maximum Gasteiger partial charge on any atom is 0.191 e. The molecule has 0 N–H and O–H groups in total. The summed E-state index contributed by atoms with van der Waals surface area (Å²) in [5.41, 5.74) is -0.168. The summed E-state index contributed by atoms with van der Waals surface area (Å²) in [6.07, 6.45) is 0. The van der Waals surface area contributed by atoms with E-state index in [0.717, 1.165) is 12.1 Å². The summed E-state index contributed by atoms with van der Waals surface area (Å²) >= 11 is 0. The van der Waals surface area contributed by atoms with Gasteiger partial charge < -0.3 is 9.47 Å². The highest BCUT2D eigenvalue weighted by Gasteiger charge is 2.12. The number of hydrogen-bond donors (Lipinski definition) is 0. The molecule has 16 heavy (non-hydrogen) atoms. The molecule has 0 atom stereocenters. The Labute approximate surface area is 92.0 Å². The molecule has 0 amide bonds. The van der Waals surface area contributed by atoms with Crippen LogP contribution in [0.5, 0.6) is 0 Å². The molecule has 0 radical (unpaired) electrons. The Bertz CT molecular complexity index is 366. The summed E-state index contributed by atoms with van der Waals surface area (Å²) in [5, 5.41) is 0. The average Bonchev–Trinajstić information content (AvgIpc) is 2.24. The van der Waals surface area contributed by atoms with Gasteiger partial charge in [-0.2, -0.15) is 0 Å². The van der Waals surface area contributed by atoms with Gasteiger partial charge in [0.1, 0.15) is 18.2 Å². The summed E-state index contributed by atoms with van der Waals surface area (Å²) in [7, 11) is 1.50. The van der Waals surface area contributed by atoms with E-state index in [-0.39, 0.29) is 18.8 Å². The largest absolute Gasteiger partial charge is 0.382 e. The number of ether oxygens (including phenoxy) is 2. The molecule has 0 bridgehead atoms. The first-order chi connectivity index (χ1) is 7.65. The Morgan fingerprint density at radius 3 is 2.69 bits per heavy atom. The minimum Gasteiger partial charge on any atom is -0.382 e. The normalized spacial score (nSPS) is 10.4. The van der Waals surface area contributed by atoms with Gasteiger partial charge in [0.05, 0.1) is 18.8 Å². The molecule has 0 saturated carbocycles. The quantitative estimate of drug-likeness (QED) is 0.552. The standard InChI is InChI=1S/C11H12F2O3/c1-15-4-5-16-7-11(14)9-3-2-8(12)6-10(9)13/h2-3,6H,4-5,7H2,1H3. The lowest BCUT2D eigenvalue weighted by Crippen LogP contribution is -2.13. The van der Waals surface area contributed by atoms with Crippen molar-refractivity contribution in [1.29, 1.82) is 0 Å². The molecule has 1 aromatic rings. The number of halogens is 2. The van der Waals surface area contributed by atoms with Crippen LogP contribution in [0.3, 0.4) is 0 Å². The summed E-state index contributed by atoms with van der Waals surface area (Å²) in [4.78, 5) is 11.4. The molecule has 3 nitrogen and oxygen atoms in total. The van der Waals surface area contributed by atoms with Crippen molar-refractivity contribution in [1.82, 2.24) is 0 Å². The van der Waals surface area contributed by atoms with Crippen molar-refractivity contribution in [3.8, 4) is 0 Å². The number of methoxy groups -OCH3 is 1. The third-order valence-electron chi connectivity index (χ3n) is 1.90. The van der Waals surface area contributed by atoms with Crippen LogP contribution in [0.15, 0.2) is 18.2 Å². The lowest BCUT2D eigenvalue weighted by molar-refractivity contribution is 0.0574. The van der Waals surface area contributed by atoms with Gasteiger partial charge in [-0.3, -0.25) is 4.79 Å². The second-order valence-corrected chi connectivity index (χ2v) is 3.09. The number of carbonyl (C=O) groups is 1. The zero-order chi connectivity index (χ0) is 12.0. The van der Waals surface area contributed by atoms with Crippen molar-refractivity contribution in [3.05, 3.63) is 35.4 Å². The van der Waals surface area contributed by atoms with Crippen LogP contribution in [0.2, 0.25) is 0 Å². The van der Waals surface area contributed by atoms with Gasteiger partial charge >= 0.3 is 0 Å². The average molecular weight is 230 g/mol. The number of hydrogen-bond acceptors (Lipinski definition) is 3. The van der Waals surface area contributed by atoms with Crippen LogP contribution in [0.1, 0.15) is 10.4 Å². The fourth-order valence-electron chi connectivity index (χ4n) is 1.10. The number of benzene rings is 1. The van der Waals surface area contributed by atoms with Crippen LogP contribution in [-0.4, -0.2) is 32.7 Å². The molecule has 0 aliphatic heterocycles. The highest BCUT2D eigenvalue weighted by atomic mass is 19.1. The van der Waals surface area contributed by atoms with Crippen LogP contribution < -0.4 is 0 Å². The third-order valence-corrected chi connectivity index (χ3v) is 1.90. The molecule has 0 aliphatic rings. The zero-order valence-corrected chi connectivity index (χ0v) is 8.83. The second kappa shape index (κ2) is 6.30. The van der Waals surface area contributed by atoms with E-state index in [9.17, 15) is 13.6 Å².